The van der Waals surface area contributed by atoms with Crippen LogP contribution in [0.25, 0.3) is 0 Å². The summed E-state index contributed by atoms with van der Waals surface area (Å²) in [6.45, 7) is -1.13. The number of hydrogen-bond acceptors (Lipinski definition) is 10. The van der Waals surface area contributed by atoms with Crippen LogP contribution in [0.5, 0.6) is 0 Å². The number of nitrogens with two attached hydrogens (primary N) is 1. The van der Waals surface area contributed by atoms with Gasteiger partial charge >= 0.3 is 11.9 Å². The Morgan fingerprint density at radius 2 is 1.42 bits per heavy atom. The van der Waals surface area contributed by atoms with Crippen LogP contribution < -0.4 is 11.1 Å². The summed E-state index contributed by atoms with van der Waals surface area (Å²) in [5, 5.41) is 21.0. The van der Waals surface area contributed by atoms with Crippen LogP contribution in [0.15, 0.2) is 60.7 Å². The molecule has 0 aromatic heterocycles. The lowest BCUT2D eigenvalue weighted by Gasteiger charge is -2.22. The molecular formula is C28H26N2O8. The average Bonchev–Trinajstić information content (AvgIpc) is 2.93. The van der Waals surface area contributed by atoms with Gasteiger partial charge in [-0.15, -0.1) is 0 Å². The van der Waals surface area contributed by atoms with Crippen molar-refractivity contribution in [3.05, 3.63) is 88.5 Å². The van der Waals surface area contributed by atoms with Gasteiger partial charge in [-0.25, -0.2) is 0 Å². The summed E-state index contributed by atoms with van der Waals surface area (Å²) in [7, 11) is 0. The fourth-order valence-corrected chi connectivity index (χ4v) is 4.28. The van der Waals surface area contributed by atoms with Gasteiger partial charge in [-0.2, -0.15) is 0 Å². The Hall–Kier alpha value is -4.54. The largest absolute Gasteiger partial charge is 0.463 e. The monoisotopic (exact) mass is 518 g/mol. The molecule has 196 valence electrons. The fourth-order valence-electron chi connectivity index (χ4n) is 4.28. The Bertz CT molecular complexity index is 1380. The van der Waals surface area contributed by atoms with Crippen molar-refractivity contribution in [2.24, 2.45) is 0 Å². The van der Waals surface area contributed by atoms with Gasteiger partial charge in [-0.1, -0.05) is 36.4 Å². The molecule has 10 heteroatoms. The van der Waals surface area contributed by atoms with Crippen molar-refractivity contribution in [2.45, 2.75) is 12.3 Å². The van der Waals surface area contributed by atoms with Crippen LogP contribution in [0.3, 0.4) is 0 Å². The Kier molecular flexibility index (Phi) is 8.15. The Labute approximate surface area is 218 Å². The highest BCUT2D eigenvalue weighted by Gasteiger charge is 2.33. The van der Waals surface area contributed by atoms with E-state index >= 15 is 0 Å². The summed E-state index contributed by atoms with van der Waals surface area (Å²) in [5.41, 5.74) is 8.60. The average molecular weight is 519 g/mol. The zero-order valence-electron chi connectivity index (χ0n) is 20.3. The van der Waals surface area contributed by atoms with E-state index in [2.05, 4.69) is 5.32 Å². The first-order valence-corrected chi connectivity index (χ1v) is 11.9. The van der Waals surface area contributed by atoms with Crippen molar-refractivity contribution < 1.29 is 38.9 Å². The maximum atomic E-state index is 13.3. The maximum absolute atomic E-state index is 13.3. The second kappa shape index (κ2) is 11.7. The van der Waals surface area contributed by atoms with Crippen LogP contribution in [0.2, 0.25) is 0 Å². The van der Waals surface area contributed by atoms with Gasteiger partial charge in [-0.3, -0.25) is 19.2 Å². The standard InChI is InChI=1S/C28H26N2O8/c29-21-9-10-22(25-24(21)26(34)18-3-1-2-4-19(18)27(25)35)30-17-7-5-16(6-8-17)20(28(36)38-14-12-32)15-23(33)37-13-11-31/h1-10,20,30-32H,11-15,29H2. The van der Waals surface area contributed by atoms with Crippen molar-refractivity contribution in [1.82, 2.24) is 0 Å². The highest BCUT2D eigenvalue weighted by molar-refractivity contribution is 6.31. The van der Waals surface area contributed by atoms with Crippen LogP contribution in [0, 0.1) is 0 Å². The van der Waals surface area contributed by atoms with E-state index in [1.54, 1.807) is 60.7 Å². The minimum atomic E-state index is -0.998. The Morgan fingerprint density at radius 1 is 0.816 bits per heavy atom. The minimum absolute atomic E-state index is 0.142. The van der Waals surface area contributed by atoms with Crippen molar-refractivity contribution in [3.8, 4) is 0 Å². The summed E-state index contributed by atoms with van der Waals surface area (Å²) < 4.78 is 9.90. The number of fused-ring (bicyclic) bond motifs is 2. The number of aliphatic hydroxyl groups excluding tert-OH is 2. The first-order chi connectivity index (χ1) is 18.3. The molecular weight excluding hydrogens is 492 g/mol. The Balaban J connectivity index is 1.61. The molecule has 3 aromatic rings. The van der Waals surface area contributed by atoms with E-state index < -0.39 is 17.9 Å². The number of carbonyl (C=O) groups excluding carboxylic acids is 4. The summed E-state index contributed by atoms with van der Waals surface area (Å²) in [4.78, 5) is 51.1. The van der Waals surface area contributed by atoms with E-state index in [-0.39, 0.29) is 61.2 Å². The van der Waals surface area contributed by atoms with E-state index in [9.17, 15) is 19.2 Å². The molecule has 0 radical (unpaired) electrons. The first kappa shape index (κ1) is 26.5. The van der Waals surface area contributed by atoms with E-state index in [0.29, 0.717) is 28.1 Å². The smallest absolute Gasteiger partial charge is 0.314 e. The van der Waals surface area contributed by atoms with Gasteiger partial charge in [0.1, 0.15) is 13.2 Å². The van der Waals surface area contributed by atoms with Crippen LogP contribution in [0.4, 0.5) is 17.1 Å². The van der Waals surface area contributed by atoms with Crippen LogP contribution in [0.1, 0.15) is 49.7 Å². The summed E-state index contributed by atoms with van der Waals surface area (Å²) in [6, 6.07) is 16.3. The van der Waals surface area contributed by atoms with E-state index in [1.807, 2.05) is 0 Å². The topological polar surface area (TPSA) is 165 Å². The zero-order chi connectivity index (χ0) is 27.2. The molecule has 0 heterocycles. The van der Waals surface area contributed by atoms with Crippen LogP contribution in [-0.2, 0) is 19.1 Å². The normalized spacial score (nSPS) is 12.8. The molecule has 1 unspecified atom stereocenters. The molecule has 5 N–H and O–H groups in total. The summed E-state index contributed by atoms with van der Waals surface area (Å²) in [6.07, 6.45) is -0.321. The highest BCUT2D eigenvalue weighted by atomic mass is 16.5. The molecule has 0 saturated heterocycles. The highest BCUT2D eigenvalue weighted by Crippen LogP contribution is 2.36. The molecule has 0 fully saturated rings. The predicted molar refractivity (Wildman–Crippen MR) is 137 cm³/mol. The molecule has 0 spiro atoms. The molecule has 0 aliphatic heterocycles. The lowest BCUT2D eigenvalue weighted by molar-refractivity contribution is -0.153. The molecule has 38 heavy (non-hydrogen) atoms. The number of carbonyl (C=O) groups is 4. The predicted octanol–water partition coefficient (Wildman–Crippen LogP) is 2.33. The second-order valence-corrected chi connectivity index (χ2v) is 8.50. The number of nitrogen functional groups attached to an aromatic ring is 1. The zero-order valence-corrected chi connectivity index (χ0v) is 20.3. The van der Waals surface area contributed by atoms with Crippen molar-refractivity contribution in [1.29, 1.82) is 0 Å². The third-order valence-corrected chi connectivity index (χ3v) is 6.05. The number of nitrogens with one attached hydrogen (secondary N) is 1. The lowest BCUT2D eigenvalue weighted by Crippen LogP contribution is -2.23. The molecule has 10 nitrogen and oxygen atoms in total. The number of anilines is 3. The van der Waals surface area contributed by atoms with Gasteiger partial charge in [0.2, 0.25) is 0 Å². The number of ether oxygens (including phenoxy) is 2. The van der Waals surface area contributed by atoms with Crippen LogP contribution >= 0.6 is 0 Å². The van der Waals surface area contributed by atoms with E-state index in [0.717, 1.165) is 0 Å². The quantitative estimate of drug-likeness (QED) is 0.181. The molecule has 0 amide bonds. The van der Waals surface area contributed by atoms with Crippen molar-refractivity contribution >= 4 is 40.6 Å². The summed E-state index contributed by atoms with van der Waals surface area (Å²) in [5.74, 6) is -3.05. The number of benzene rings is 3. The molecule has 0 bridgehead atoms. The van der Waals surface area contributed by atoms with Gasteiger partial charge in [0.05, 0.1) is 42.4 Å². The summed E-state index contributed by atoms with van der Waals surface area (Å²) >= 11 is 0. The van der Waals surface area contributed by atoms with Gasteiger partial charge < -0.3 is 30.7 Å². The van der Waals surface area contributed by atoms with Gasteiger partial charge in [-0.05, 0) is 29.8 Å². The number of ketones is 2. The van der Waals surface area contributed by atoms with E-state index in [1.165, 1.54) is 0 Å². The molecule has 1 aliphatic carbocycles. The lowest BCUT2D eigenvalue weighted by atomic mass is 9.82. The molecule has 4 rings (SSSR count). The van der Waals surface area contributed by atoms with Crippen molar-refractivity contribution in [2.75, 3.05) is 37.5 Å². The van der Waals surface area contributed by atoms with Gasteiger partial charge in [0.15, 0.2) is 11.6 Å². The molecule has 1 atom stereocenters. The van der Waals surface area contributed by atoms with E-state index in [4.69, 9.17) is 25.4 Å². The second-order valence-electron chi connectivity index (χ2n) is 8.50. The fraction of sp³-hybridized carbons (Fsp3) is 0.214. The number of aliphatic hydroxyl groups is 2. The Morgan fingerprint density at radius 3 is 2.05 bits per heavy atom. The number of hydrogen-bond donors (Lipinski definition) is 4. The SMILES string of the molecule is Nc1ccc(Nc2ccc(C(CC(=O)OCCO)C(=O)OCCO)cc2)c2c1C(=O)c1ccccc1C2=O. The first-order valence-electron chi connectivity index (χ1n) is 11.9. The molecule has 3 aromatic carbocycles. The number of rotatable bonds is 10. The third-order valence-electron chi connectivity index (χ3n) is 6.05. The maximum Gasteiger partial charge on any atom is 0.314 e. The molecule has 0 saturated carbocycles. The number of esters is 2. The third kappa shape index (κ3) is 5.41. The van der Waals surface area contributed by atoms with Crippen molar-refractivity contribution in [3.63, 3.8) is 0 Å². The minimum Gasteiger partial charge on any atom is -0.463 e. The molecule has 1 aliphatic rings. The van der Waals surface area contributed by atoms with Gasteiger partial charge in [0, 0.05) is 22.5 Å². The van der Waals surface area contributed by atoms with Crippen LogP contribution in [-0.4, -0.2) is 60.1 Å². The van der Waals surface area contributed by atoms with Gasteiger partial charge in [0.25, 0.3) is 0 Å².